The summed E-state index contributed by atoms with van der Waals surface area (Å²) in [4.78, 5) is 66.2. The maximum atomic E-state index is 13.6. The van der Waals surface area contributed by atoms with Crippen molar-refractivity contribution in [2.45, 2.75) is 33.1 Å². The highest BCUT2D eigenvalue weighted by atomic mass is 16.3. The molecule has 1 N–H and O–H groups in total. The van der Waals surface area contributed by atoms with Crippen molar-refractivity contribution >= 4 is 34.6 Å². The van der Waals surface area contributed by atoms with E-state index in [0.29, 0.717) is 24.0 Å². The van der Waals surface area contributed by atoms with Gasteiger partial charge in [-0.25, -0.2) is 0 Å². The van der Waals surface area contributed by atoms with Crippen LogP contribution in [0.3, 0.4) is 0 Å². The van der Waals surface area contributed by atoms with Gasteiger partial charge in [0.1, 0.15) is 17.5 Å². The van der Waals surface area contributed by atoms with Crippen LogP contribution in [0.1, 0.15) is 48.2 Å². The Morgan fingerprint density at radius 2 is 1.72 bits per heavy atom. The van der Waals surface area contributed by atoms with Gasteiger partial charge in [-0.2, -0.15) is 0 Å². The van der Waals surface area contributed by atoms with E-state index in [0.717, 1.165) is 5.69 Å². The molecule has 0 saturated heterocycles. The molecule has 0 aliphatic heterocycles. The van der Waals surface area contributed by atoms with E-state index in [4.69, 9.17) is 0 Å². The van der Waals surface area contributed by atoms with Crippen LogP contribution in [0.2, 0.25) is 0 Å². The summed E-state index contributed by atoms with van der Waals surface area (Å²) in [7, 11) is 3.66. The van der Waals surface area contributed by atoms with E-state index >= 15 is 0 Å². The van der Waals surface area contributed by atoms with Crippen LogP contribution in [-0.4, -0.2) is 48.1 Å². The van der Waals surface area contributed by atoms with Crippen molar-refractivity contribution in [3.05, 3.63) is 22.8 Å². The van der Waals surface area contributed by atoms with Crippen LogP contribution in [0.4, 0.5) is 5.69 Å². The summed E-state index contributed by atoms with van der Waals surface area (Å²) < 4.78 is 0. The molecule has 5 atom stereocenters. The van der Waals surface area contributed by atoms with Crippen molar-refractivity contribution in [1.82, 2.24) is 0 Å². The number of ketones is 5. The third kappa shape index (κ3) is 3.09. The van der Waals surface area contributed by atoms with Crippen LogP contribution < -0.4 is 4.90 Å². The number of phenols is 1. The number of anilines is 1. The van der Waals surface area contributed by atoms with Crippen LogP contribution in [0.5, 0.6) is 5.75 Å². The summed E-state index contributed by atoms with van der Waals surface area (Å²) in [5.41, 5.74) is 1.79. The molecule has 0 bridgehead atoms. The molecule has 0 amide bonds. The standard InChI is InChI=1S/C25H25NO6/c1-5-6-12-9-16(26(3)4)15-8-13-7-14-10-17(28)18(11(2)27)23(30)20(14)24(31)19(13)25(32)21(15)22(12)29/h9,13-14,18-20,29H,7-8,10H2,1-4H3. The van der Waals surface area contributed by atoms with E-state index < -0.39 is 52.6 Å². The highest BCUT2D eigenvalue weighted by Crippen LogP contribution is 2.50. The molecule has 0 heterocycles. The normalized spacial score (nSPS) is 28.8. The lowest BCUT2D eigenvalue weighted by molar-refractivity contribution is -0.152. The van der Waals surface area contributed by atoms with Gasteiger partial charge in [0.05, 0.1) is 23.0 Å². The average Bonchev–Trinajstić information content (AvgIpc) is 2.68. The predicted molar refractivity (Wildman–Crippen MR) is 115 cm³/mol. The van der Waals surface area contributed by atoms with Crippen molar-refractivity contribution < 1.29 is 29.1 Å². The van der Waals surface area contributed by atoms with Gasteiger partial charge in [0, 0.05) is 26.2 Å². The third-order valence-corrected chi connectivity index (χ3v) is 7.06. The molecular formula is C25H25NO6. The fourth-order valence-electron chi connectivity index (χ4n) is 5.80. The summed E-state index contributed by atoms with van der Waals surface area (Å²) in [6.45, 7) is 2.80. The highest BCUT2D eigenvalue weighted by molar-refractivity contribution is 6.28. The molecule has 166 valence electrons. The number of hydrogen-bond donors (Lipinski definition) is 1. The maximum Gasteiger partial charge on any atom is 0.177 e. The zero-order chi connectivity index (χ0) is 23.5. The highest BCUT2D eigenvalue weighted by Gasteiger charge is 2.57. The lowest BCUT2D eigenvalue weighted by atomic mass is 9.55. The number of carbonyl (C=O) groups excluding carboxylic acids is 5. The topological polar surface area (TPSA) is 109 Å². The molecule has 3 aliphatic rings. The molecule has 7 nitrogen and oxygen atoms in total. The smallest absolute Gasteiger partial charge is 0.177 e. The number of hydrogen-bond acceptors (Lipinski definition) is 7. The molecule has 1 aromatic rings. The van der Waals surface area contributed by atoms with Crippen molar-refractivity contribution in [1.29, 1.82) is 0 Å². The van der Waals surface area contributed by atoms with Crippen LogP contribution >= 0.6 is 0 Å². The molecule has 7 heteroatoms. The zero-order valence-electron chi connectivity index (χ0n) is 18.5. The first-order valence-corrected chi connectivity index (χ1v) is 10.7. The van der Waals surface area contributed by atoms with Crippen LogP contribution in [0.25, 0.3) is 0 Å². The second kappa shape index (κ2) is 7.70. The molecular weight excluding hydrogens is 410 g/mol. The Morgan fingerprint density at radius 3 is 2.31 bits per heavy atom. The number of benzene rings is 1. The molecule has 2 fully saturated rings. The minimum absolute atomic E-state index is 0.00647. The van der Waals surface area contributed by atoms with Gasteiger partial charge >= 0.3 is 0 Å². The number of aromatic hydroxyl groups is 1. The van der Waals surface area contributed by atoms with Gasteiger partial charge in [-0.1, -0.05) is 5.92 Å². The summed E-state index contributed by atoms with van der Waals surface area (Å²) in [5, 5.41) is 10.8. The molecule has 3 aliphatic carbocycles. The fraction of sp³-hybridized carbons (Fsp3) is 0.480. The Balaban J connectivity index is 1.83. The summed E-state index contributed by atoms with van der Waals surface area (Å²) >= 11 is 0. The van der Waals surface area contributed by atoms with E-state index in [2.05, 4.69) is 11.8 Å². The van der Waals surface area contributed by atoms with E-state index in [9.17, 15) is 29.1 Å². The number of rotatable bonds is 2. The molecule has 4 rings (SSSR count). The van der Waals surface area contributed by atoms with Gasteiger partial charge in [-0.15, -0.1) is 5.92 Å². The van der Waals surface area contributed by atoms with Gasteiger partial charge < -0.3 is 10.0 Å². The summed E-state index contributed by atoms with van der Waals surface area (Å²) in [6.07, 6.45) is 0.742. The Bertz CT molecular complexity index is 1150. The van der Waals surface area contributed by atoms with Crippen LogP contribution in [-0.2, 0) is 25.6 Å². The van der Waals surface area contributed by atoms with Gasteiger partial charge in [-0.3, -0.25) is 24.0 Å². The second-order valence-corrected chi connectivity index (χ2v) is 9.21. The quantitative estimate of drug-likeness (QED) is 0.557. The Morgan fingerprint density at radius 1 is 1.06 bits per heavy atom. The molecule has 5 unspecified atom stereocenters. The molecule has 0 spiro atoms. The minimum atomic E-state index is -1.41. The molecule has 0 radical (unpaired) electrons. The fourth-order valence-corrected chi connectivity index (χ4v) is 5.80. The monoisotopic (exact) mass is 435 g/mol. The first-order valence-electron chi connectivity index (χ1n) is 10.7. The Hall–Kier alpha value is -3.27. The van der Waals surface area contributed by atoms with E-state index in [1.807, 2.05) is 19.0 Å². The van der Waals surface area contributed by atoms with Crippen LogP contribution in [0, 0.1) is 41.4 Å². The van der Waals surface area contributed by atoms with Crippen molar-refractivity contribution in [3.63, 3.8) is 0 Å². The van der Waals surface area contributed by atoms with Crippen molar-refractivity contribution in [2.24, 2.45) is 29.6 Å². The van der Waals surface area contributed by atoms with E-state index in [-0.39, 0.29) is 23.7 Å². The predicted octanol–water partition coefficient (Wildman–Crippen LogP) is 1.75. The van der Waals surface area contributed by atoms with E-state index in [1.165, 1.54) is 6.92 Å². The largest absolute Gasteiger partial charge is 0.506 e. The second-order valence-electron chi connectivity index (χ2n) is 9.21. The van der Waals surface area contributed by atoms with Crippen molar-refractivity contribution in [3.8, 4) is 17.6 Å². The number of phenolic OH excluding ortho intramolecular Hbond substituents is 1. The number of Topliss-reactive ketones (excluding diaryl/α,β-unsaturated/α-hetero) is 5. The third-order valence-electron chi connectivity index (χ3n) is 7.06. The minimum Gasteiger partial charge on any atom is -0.506 e. The number of carbonyl (C=O) groups is 5. The van der Waals surface area contributed by atoms with E-state index in [1.54, 1.807) is 13.0 Å². The molecule has 2 saturated carbocycles. The van der Waals surface area contributed by atoms with Crippen molar-refractivity contribution in [2.75, 3.05) is 19.0 Å². The summed E-state index contributed by atoms with van der Waals surface area (Å²) in [6, 6.07) is 1.73. The summed E-state index contributed by atoms with van der Waals surface area (Å²) in [5.74, 6) is -1.89. The SMILES string of the molecule is CC#Cc1cc(N(C)C)c2c(c1O)C(=O)C1C(=O)C3C(=O)C(C(C)=O)C(=O)CC3CC1C2. The Labute approximate surface area is 186 Å². The maximum absolute atomic E-state index is 13.6. The number of nitrogens with zero attached hydrogens (tertiary/aromatic N) is 1. The number of fused-ring (bicyclic) bond motifs is 3. The molecule has 32 heavy (non-hydrogen) atoms. The molecule has 1 aromatic carbocycles. The van der Waals surface area contributed by atoms with Crippen LogP contribution in [0.15, 0.2) is 6.07 Å². The lowest BCUT2D eigenvalue weighted by Crippen LogP contribution is -2.55. The first kappa shape index (κ1) is 21.9. The lowest BCUT2D eigenvalue weighted by Gasteiger charge is -2.44. The zero-order valence-corrected chi connectivity index (χ0v) is 18.5. The first-order chi connectivity index (χ1) is 15.1. The van der Waals surface area contributed by atoms with Gasteiger partial charge in [-0.05, 0) is 50.2 Å². The molecule has 0 aromatic heterocycles. The Kier molecular flexibility index (Phi) is 5.28. The average molecular weight is 435 g/mol. The van der Waals surface area contributed by atoms with Gasteiger partial charge in [0.25, 0.3) is 0 Å². The van der Waals surface area contributed by atoms with Gasteiger partial charge in [0.15, 0.2) is 23.1 Å². The van der Waals surface area contributed by atoms with Gasteiger partial charge in [0.2, 0.25) is 0 Å².